The van der Waals surface area contributed by atoms with E-state index in [0.29, 0.717) is 0 Å². The van der Waals surface area contributed by atoms with E-state index in [4.69, 9.17) is 8.83 Å². The zero-order valence-corrected chi connectivity index (χ0v) is 27.0. The molecule has 2 heterocycles. The summed E-state index contributed by atoms with van der Waals surface area (Å²) in [6.07, 6.45) is 0. The van der Waals surface area contributed by atoms with Gasteiger partial charge in [-0.25, -0.2) is 0 Å². The van der Waals surface area contributed by atoms with E-state index in [1.165, 1.54) is 54.9 Å². The van der Waals surface area contributed by atoms with E-state index in [1.54, 1.807) is 0 Å². The number of hydrogen-bond donors (Lipinski definition) is 0. The van der Waals surface area contributed by atoms with Gasteiger partial charge >= 0.3 is 0 Å². The predicted octanol–water partition coefficient (Wildman–Crippen LogP) is 13.9. The molecule has 0 aliphatic carbocycles. The van der Waals surface area contributed by atoms with Crippen molar-refractivity contribution in [1.82, 2.24) is 0 Å². The van der Waals surface area contributed by atoms with Gasteiger partial charge in [0.1, 0.15) is 22.3 Å². The van der Waals surface area contributed by atoms with Gasteiger partial charge in [-0.3, -0.25) is 0 Å². The van der Waals surface area contributed by atoms with Crippen molar-refractivity contribution >= 4 is 76.2 Å². The summed E-state index contributed by atoms with van der Waals surface area (Å²) in [5, 5.41) is 11.5. The summed E-state index contributed by atoms with van der Waals surface area (Å²) in [7, 11) is 0. The van der Waals surface area contributed by atoms with Crippen LogP contribution in [0, 0.1) is 0 Å². The van der Waals surface area contributed by atoms with Crippen LogP contribution in [-0.4, -0.2) is 0 Å². The number of benzene rings is 9. The van der Waals surface area contributed by atoms with E-state index in [2.05, 4.69) is 158 Å². The lowest BCUT2D eigenvalue weighted by Crippen LogP contribution is -1.91. The molecule has 232 valence electrons. The average Bonchev–Trinajstić information content (AvgIpc) is 3.76. The van der Waals surface area contributed by atoms with Gasteiger partial charge in [-0.05, 0) is 78.5 Å². The summed E-state index contributed by atoms with van der Waals surface area (Å²) >= 11 is 0. The van der Waals surface area contributed by atoms with Gasteiger partial charge in [-0.15, -0.1) is 0 Å². The predicted molar refractivity (Wildman–Crippen MR) is 210 cm³/mol. The average molecular weight is 637 g/mol. The fourth-order valence-corrected chi connectivity index (χ4v) is 8.27. The van der Waals surface area contributed by atoms with Crippen molar-refractivity contribution < 1.29 is 8.83 Å². The van der Waals surface area contributed by atoms with Crippen LogP contribution in [-0.2, 0) is 0 Å². The molecule has 11 rings (SSSR count). The van der Waals surface area contributed by atoms with Crippen molar-refractivity contribution in [2.45, 2.75) is 0 Å². The summed E-state index contributed by atoms with van der Waals surface area (Å²) in [5.41, 5.74) is 10.8. The first-order valence-electron chi connectivity index (χ1n) is 17.1. The van der Waals surface area contributed by atoms with Crippen molar-refractivity contribution in [2.24, 2.45) is 0 Å². The first-order chi connectivity index (χ1) is 24.8. The molecule has 0 N–H and O–H groups in total. The molecule has 0 aliphatic rings. The normalized spacial score (nSPS) is 12.0. The molecule has 0 unspecified atom stereocenters. The zero-order valence-electron chi connectivity index (χ0n) is 27.0. The van der Waals surface area contributed by atoms with Crippen LogP contribution < -0.4 is 0 Å². The maximum Gasteiger partial charge on any atom is 0.147 e. The molecular weight excluding hydrogens is 609 g/mol. The lowest BCUT2D eigenvalue weighted by molar-refractivity contribution is 0.665. The summed E-state index contributed by atoms with van der Waals surface area (Å²) in [6, 6.07) is 60.8. The summed E-state index contributed by atoms with van der Waals surface area (Å²) in [6.45, 7) is 0. The van der Waals surface area contributed by atoms with Gasteiger partial charge in [0, 0.05) is 21.5 Å². The van der Waals surface area contributed by atoms with Crippen molar-refractivity contribution in [3.8, 4) is 33.4 Å². The zero-order chi connectivity index (χ0) is 32.8. The van der Waals surface area contributed by atoms with Crippen LogP contribution in [0.2, 0.25) is 0 Å². The molecule has 0 atom stereocenters. The van der Waals surface area contributed by atoms with Crippen LogP contribution in [0.15, 0.2) is 179 Å². The Morgan fingerprint density at radius 1 is 0.260 bits per heavy atom. The van der Waals surface area contributed by atoms with E-state index >= 15 is 0 Å². The first kappa shape index (κ1) is 27.3. The van der Waals surface area contributed by atoms with Gasteiger partial charge in [-0.1, -0.05) is 152 Å². The second-order valence-electron chi connectivity index (χ2n) is 13.1. The van der Waals surface area contributed by atoms with Crippen LogP contribution in [0.4, 0.5) is 0 Å². The molecule has 0 amide bonds. The minimum Gasteiger partial charge on any atom is -0.455 e. The number of hydrogen-bond acceptors (Lipinski definition) is 2. The Hall–Kier alpha value is -6.64. The molecule has 0 saturated carbocycles. The third kappa shape index (κ3) is 3.85. The molecule has 0 saturated heterocycles. The molecule has 0 fully saturated rings. The summed E-state index contributed by atoms with van der Waals surface area (Å²) in [4.78, 5) is 0. The van der Waals surface area contributed by atoms with Crippen molar-refractivity contribution in [3.63, 3.8) is 0 Å². The Labute approximate surface area is 287 Å². The molecule has 0 aliphatic heterocycles. The Balaban J connectivity index is 1.20. The van der Waals surface area contributed by atoms with E-state index in [9.17, 15) is 0 Å². The molecule has 11 aromatic rings. The smallest absolute Gasteiger partial charge is 0.147 e. The molecule has 0 spiro atoms. The second kappa shape index (κ2) is 10.4. The van der Waals surface area contributed by atoms with Gasteiger partial charge in [0.2, 0.25) is 0 Å². The minimum atomic E-state index is 0.869. The highest BCUT2D eigenvalue weighted by molar-refractivity contribution is 6.34. The van der Waals surface area contributed by atoms with Crippen molar-refractivity contribution in [1.29, 1.82) is 0 Å². The van der Waals surface area contributed by atoms with E-state index < -0.39 is 0 Å². The van der Waals surface area contributed by atoms with Crippen molar-refractivity contribution in [3.05, 3.63) is 170 Å². The molecule has 0 bridgehead atoms. The standard InChI is InChI=1S/C48H28O2/c1-2-12-29(13-3-1)30-22-24-31(25-23-30)43-33-14-4-6-16-35(33)44(36-17-7-5-15-34(36)43)32-26-27-42-40(28-32)45-37-18-8-9-19-38(37)47-46(48(45)50-42)39-20-10-11-21-41(39)49-47/h1-28H. The highest BCUT2D eigenvalue weighted by atomic mass is 16.3. The maximum atomic E-state index is 6.76. The Kier molecular flexibility index (Phi) is 5.70. The number of para-hydroxylation sites is 1. The Bertz CT molecular complexity index is 3070. The minimum absolute atomic E-state index is 0.869. The molecule has 2 nitrogen and oxygen atoms in total. The summed E-state index contributed by atoms with van der Waals surface area (Å²) < 4.78 is 13.2. The SMILES string of the molecule is c1ccc(-c2ccc(-c3c4ccccc4c(-c4ccc5oc6c(c5c4)c4ccccc4c4oc5ccccc5c46)c4ccccc34)cc2)cc1. The van der Waals surface area contributed by atoms with E-state index in [0.717, 1.165) is 54.6 Å². The third-order valence-corrected chi connectivity index (χ3v) is 10.5. The Morgan fingerprint density at radius 3 is 1.40 bits per heavy atom. The van der Waals surface area contributed by atoms with Crippen LogP contribution in [0.5, 0.6) is 0 Å². The number of rotatable bonds is 3. The highest BCUT2D eigenvalue weighted by Crippen LogP contribution is 2.48. The fourth-order valence-electron chi connectivity index (χ4n) is 8.27. The van der Waals surface area contributed by atoms with Gasteiger partial charge < -0.3 is 8.83 Å². The van der Waals surface area contributed by atoms with Gasteiger partial charge in [0.15, 0.2) is 0 Å². The van der Waals surface area contributed by atoms with Crippen LogP contribution in [0.25, 0.3) is 110 Å². The van der Waals surface area contributed by atoms with Gasteiger partial charge in [-0.2, -0.15) is 0 Å². The maximum absolute atomic E-state index is 6.76. The van der Waals surface area contributed by atoms with Crippen LogP contribution >= 0.6 is 0 Å². The molecule has 0 radical (unpaired) electrons. The third-order valence-electron chi connectivity index (χ3n) is 10.5. The topological polar surface area (TPSA) is 26.3 Å². The second-order valence-corrected chi connectivity index (χ2v) is 13.1. The van der Waals surface area contributed by atoms with Crippen LogP contribution in [0.1, 0.15) is 0 Å². The highest BCUT2D eigenvalue weighted by Gasteiger charge is 2.22. The monoisotopic (exact) mass is 636 g/mol. The molecule has 9 aromatic carbocycles. The molecule has 50 heavy (non-hydrogen) atoms. The quantitative estimate of drug-likeness (QED) is 0.180. The summed E-state index contributed by atoms with van der Waals surface area (Å²) in [5.74, 6) is 0. The fraction of sp³-hybridized carbons (Fsp3) is 0. The largest absolute Gasteiger partial charge is 0.455 e. The lowest BCUT2D eigenvalue weighted by Gasteiger charge is -2.18. The van der Waals surface area contributed by atoms with Gasteiger partial charge in [0.05, 0.1) is 5.39 Å². The Morgan fingerprint density at radius 2 is 0.720 bits per heavy atom. The lowest BCUT2D eigenvalue weighted by atomic mass is 9.85. The molecular formula is C48H28O2. The first-order valence-corrected chi connectivity index (χ1v) is 17.1. The van der Waals surface area contributed by atoms with Gasteiger partial charge in [0.25, 0.3) is 0 Å². The van der Waals surface area contributed by atoms with Crippen molar-refractivity contribution in [2.75, 3.05) is 0 Å². The number of furan rings is 2. The molecule has 2 heteroatoms. The molecule has 2 aromatic heterocycles. The van der Waals surface area contributed by atoms with E-state index in [-0.39, 0.29) is 0 Å². The van der Waals surface area contributed by atoms with E-state index in [1.807, 2.05) is 12.1 Å². The van der Waals surface area contributed by atoms with Crippen LogP contribution in [0.3, 0.4) is 0 Å². The number of fused-ring (bicyclic) bond motifs is 12.